The zero-order valence-corrected chi connectivity index (χ0v) is 13.4. The van der Waals surface area contributed by atoms with Crippen molar-refractivity contribution in [3.05, 3.63) is 46.8 Å². The van der Waals surface area contributed by atoms with Crippen LogP contribution in [0.4, 0.5) is 13.2 Å². The van der Waals surface area contributed by atoms with E-state index in [1.165, 1.54) is 4.90 Å². The summed E-state index contributed by atoms with van der Waals surface area (Å²) in [5, 5.41) is 7.91. The van der Waals surface area contributed by atoms with Crippen molar-refractivity contribution in [2.75, 3.05) is 6.54 Å². The minimum absolute atomic E-state index is 0. The summed E-state index contributed by atoms with van der Waals surface area (Å²) in [5.74, 6) is -3.17. The zero-order chi connectivity index (χ0) is 18.1. The first kappa shape index (κ1) is 19.6. The Hall–Kier alpha value is -2.71. The number of Topliss-reactive ketones (excluding diaryl/α,β-unsaturated/α-hetero) is 1. The molecule has 0 unspecified atom stereocenters. The number of hydrogen-bond acceptors (Lipinski definition) is 4. The smallest absolute Gasteiger partial charge is 0.230 e. The monoisotopic (exact) mass is 368 g/mol. The molecule has 0 saturated heterocycles. The van der Waals surface area contributed by atoms with Crippen molar-refractivity contribution in [2.24, 2.45) is 0 Å². The second-order valence-corrected chi connectivity index (χ2v) is 5.88. The molecule has 1 aromatic carbocycles. The van der Waals surface area contributed by atoms with Gasteiger partial charge in [-0.3, -0.25) is 9.59 Å². The fourth-order valence-electron chi connectivity index (χ4n) is 2.77. The topological polar surface area (TPSA) is 68.1 Å². The first-order chi connectivity index (χ1) is 11.8. The summed E-state index contributed by atoms with van der Waals surface area (Å²) in [4.78, 5) is 25.7. The van der Waals surface area contributed by atoms with Gasteiger partial charge in [-0.05, 0) is 18.6 Å². The number of aryl methyl sites for hydroxylation is 1. The minimum atomic E-state index is -1.32. The van der Waals surface area contributed by atoms with Crippen molar-refractivity contribution in [1.29, 1.82) is 0 Å². The number of rotatable bonds is 4. The SMILES string of the molecule is C.Cc1nnc2n1CCN(C(=O)CC(=O)Cc1cc(F)c(F)cc1F)C2. The van der Waals surface area contributed by atoms with Gasteiger partial charge >= 0.3 is 0 Å². The van der Waals surface area contributed by atoms with Crippen LogP contribution in [0.3, 0.4) is 0 Å². The van der Waals surface area contributed by atoms with Gasteiger partial charge in [0.15, 0.2) is 17.5 Å². The molecular weight excluding hydrogens is 349 g/mol. The second-order valence-electron chi connectivity index (χ2n) is 5.88. The van der Waals surface area contributed by atoms with Crippen LogP contribution in [0.1, 0.15) is 31.1 Å². The number of aromatic nitrogens is 3. The lowest BCUT2D eigenvalue weighted by Gasteiger charge is -2.27. The van der Waals surface area contributed by atoms with E-state index in [4.69, 9.17) is 0 Å². The number of fused-ring (bicyclic) bond motifs is 1. The van der Waals surface area contributed by atoms with Gasteiger partial charge in [0.1, 0.15) is 17.4 Å². The highest BCUT2D eigenvalue weighted by Crippen LogP contribution is 2.16. The van der Waals surface area contributed by atoms with Crippen molar-refractivity contribution in [2.45, 2.75) is 40.3 Å². The molecule has 1 aliphatic rings. The van der Waals surface area contributed by atoms with Crippen LogP contribution in [-0.4, -0.2) is 37.9 Å². The Kier molecular flexibility index (Phi) is 5.79. The lowest BCUT2D eigenvalue weighted by Crippen LogP contribution is -2.39. The van der Waals surface area contributed by atoms with E-state index >= 15 is 0 Å². The van der Waals surface area contributed by atoms with Crippen LogP contribution >= 0.6 is 0 Å². The van der Waals surface area contributed by atoms with E-state index in [1.807, 2.05) is 11.5 Å². The maximum atomic E-state index is 13.6. The first-order valence-corrected chi connectivity index (χ1v) is 7.66. The quantitative estimate of drug-likeness (QED) is 0.613. The van der Waals surface area contributed by atoms with Gasteiger partial charge in [-0.25, -0.2) is 13.2 Å². The fourth-order valence-corrected chi connectivity index (χ4v) is 2.77. The average Bonchev–Trinajstić information content (AvgIpc) is 2.93. The molecule has 0 aliphatic carbocycles. The van der Waals surface area contributed by atoms with Gasteiger partial charge in [-0.2, -0.15) is 0 Å². The van der Waals surface area contributed by atoms with E-state index in [9.17, 15) is 22.8 Å². The number of benzene rings is 1. The van der Waals surface area contributed by atoms with Crippen molar-refractivity contribution in [1.82, 2.24) is 19.7 Å². The third kappa shape index (κ3) is 3.92. The summed E-state index contributed by atoms with van der Waals surface area (Å²) in [6.07, 6.45) is -0.913. The molecule has 1 amide bonds. The molecule has 1 aromatic heterocycles. The van der Waals surface area contributed by atoms with Crippen LogP contribution in [0.15, 0.2) is 12.1 Å². The molecule has 9 heteroatoms. The summed E-state index contributed by atoms with van der Waals surface area (Å²) in [5.41, 5.74) is -0.272. The van der Waals surface area contributed by atoms with E-state index in [2.05, 4.69) is 10.2 Å². The molecule has 0 saturated carbocycles. The molecular formula is C17H19F3N4O2. The molecule has 6 nitrogen and oxygen atoms in total. The van der Waals surface area contributed by atoms with Gasteiger partial charge in [0.05, 0.1) is 13.0 Å². The predicted molar refractivity (Wildman–Crippen MR) is 86.6 cm³/mol. The van der Waals surface area contributed by atoms with Crippen LogP contribution in [-0.2, 0) is 29.1 Å². The van der Waals surface area contributed by atoms with E-state index in [0.29, 0.717) is 31.0 Å². The maximum absolute atomic E-state index is 13.6. The molecule has 26 heavy (non-hydrogen) atoms. The minimum Gasteiger partial charge on any atom is -0.333 e. The van der Waals surface area contributed by atoms with Gasteiger partial charge in [0.25, 0.3) is 0 Å². The van der Waals surface area contributed by atoms with Crippen molar-refractivity contribution < 1.29 is 22.8 Å². The van der Waals surface area contributed by atoms with Crippen molar-refractivity contribution in [3.8, 4) is 0 Å². The van der Waals surface area contributed by atoms with Gasteiger partial charge in [0.2, 0.25) is 5.91 Å². The largest absolute Gasteiger partial charge is 0.333 e. The van der Waals surface area contributed by atoms with Crippen LogP contribution in [0, 0.1) is 24.4 Å². The molecule has 0 radical (unpaired) electrons. The van der Waals surface area contributed by atoms with E-state index in [-0.39, 0.29) is 19.5 Å². The van der Waals surface area contributed by atoms with Crippen LogP contribution in [0.5, 0.6) is 0 Å². The zero-order valence-electron chi connectivity index (χ0n) is 13.4. The predicted octanol–water partition coefficient (Wildman–Crippen LogP) is 2.18. The molecule has 140 valence electrons. The van der Waals surface area contributed by atoms with Gasteiger partial charge in [-0.1, -0.05) is 7.43 Å². The summed E-state index contributed by atoms with van der Waals surface area (Å²) in [7, 11) is 0. The van der Waals surface area contributed by atoms with Crippen LogP contribution < -0.4 is 0 Å². The van der Waals surface area contributed by atoms with Crippen molar-refractivity contribution in [3.63, 3.8) is 0 Å². The Morgan fingerprint density at radius 1 is 1.08 bits per heavy atom. The highest BCUT2D eigenvalue weighted by molar-refractivity contribution is 5.98. The third-order valence-corrected chi connectivity index (χ3v) is 4.12. The molecule has 0 spiro atoms. The lowest BCUT2D eigenvalue weighted by atomic mass is 10.1. The number of halogens is 3. The summed E-state index contributed by atoms with van der Waals surface area (Å²) < 4.78 is 41.5. The molecule has 2 heterocycles. The fraction of sp³-hybridized carbons (Fsp3) is 0.412. The molecule has 0 N–H and O–H groups in total. The normalized spacial score (nSPS) is 13.2. The van der Waals surface area contributed by atoms with Gasteiger partial charge < -0.3 is 9.47 Å². The Labute approximate surface area is 148 Å². The number of carbonyl (C=O) groups is 2. The van der Waals surface area contributed by atoms with E-state index in [1.54, 1.807) is 0 Å². The van der Waals surface area contributed by atoms with Gasteiger partial charge in [0, 0.05) is 25.6 Å². The second kappa shape index (κ2) is 7.67. The average molecular weight is 368 g/mol. The summed E-state index contributed by atoms with van der Waals surface area (Å²) in [6.45, 7) is 3.00. The molecule has 3 rings (SSSR count). The Morgan fingerprint density at radius 3 is 2.50 bits per heavy atom. The molecule has 0 fully saturated rings. The summed E-state index contributed by atoms with van der Waals surface area (Å²) >= 11 is 0. The standard InChI is InChI=1S/C16H15F3N4O2.CH4/c1-9-20-21-15-8-22(2-3-23(9)15)16(25)6-11(24)4-10-5-13(18)14(19)7-12(10)17;/h5,7H,2-4,6,8H2,1H3;1H4. The highest BCUT2D eigenvalue weighted by atomic mass is 19.2. The Bertz CT molecular complexity index is 851. The van der Waals surface area contributed by atoms with Crippen LogP contribution in [0.25, 0.3) is 0 Å². The maximum Gasteiger partial charge on any atom is 0.230 e. The highest BCUT2D eigenvalue weighted by Gasteiger charge is 2.25. The number of carbonyl (C=O) groups excluding carboxylic acids is 2. The number of ketones is 1. The van der Waals surface area contributed by atoms with E-state index < -0.39 is 42.0 Å². The number of nitrogens with zero attached hydrogens (tertiary/aromatic N) is 4. The van der Waals surface area contributed by atoms with E-state index in [0.717, 1.165) is 5.82 Å². The van der Waals surface area contributed by atoms with Crippen molar-refractivity contribution >= 4 is 11.7 Å². The number of hydrogen-bond donors (Lipinski definition) is 0. The molecule has 2 aromatic rings. The molecule has 1 aliphatic heterocycles. The Morgan fingerprint density at radius 2 is 1.77 bits per heavy atom. The molecule has 0 atom stereocenters. The van der Waals surface area contributed by atoms with Crippen LogP contribution in [0.2, 0.25) is 0 Å². The molecule has 0 bridgehead atoms. The third-order valence-electron chi connectivity index (χ3n) is 4.12. The first-order valence-electron chi connectivity index (χ1n) is 7.66. The Balaban J connectivity index is 0.00000243. The summed E-state index contributed by atoms with van der Waals surface area (Å²) in [6, 6.07) is 1.03. The number of amides is 1. The lowest BCUT2D eigenvalue weighted by molar-refractivity contribution is -0.136. The van der Waals surface area contributed by atoms with Gasteiger partial charge in [-0.15, -0.1) is 10.2 Å².